The van der Waals surface area contributed by atoms with Crippen molar-refractivity contribution in [2.24, 2.45) is 11.7 Å². The van der Waals surface area contributed by atoms with Crippen molar-refractivity contribution in [2.45, 2.75) is 38.3 Å². The standard InChI is InChI=1S/C17H22N2OS/c1-2-20-17(13-8-9-13)14(18)10-16-19-15(11-21-16)12-6-4-3-5-7-12/h3-7,11,13-14,17H,2,8-10,18H2,1H3. The molecule has 1 fully saturated rings. The van der Waals surface area contributed by atoms with Gasteiger partial charge < -0.3 is 10.5 Å². The number of hydrogen-bond acceptors (Lipinski definition) is 4. The molecular weight excluding hydrogens is 280 g/mol. The molecule has 2 unspecified atom stereocenters. The molecule has 2 aromatic rings. The van der Waals surface area contributed by atoms with Gasteiger partial charge in [-0.15, -0.1) is 11.3 Å². The maximum absolute atomic E-state index is 6.37. The summed E-state index contributed by atoms with van der Waals surface area (Å²) in [5.74, 6) is 0.661. The number of benzene rings is 1. The average molecular weight is 302 g/mol. The molecule has 112 valence electrons. The summed E-state index contributed by atoms with van der Waals surface area (Å²) in [7, 11) is 0. The molecule has 2 N–H and O–H groups in total. The smallest absolute Gasteiger partial charge is 0.0949 e. The largest absolute Gasteiger partial charge is 0.377 e. The number of aromatic nitrogens is 1. The van der Waals surface area contributed by atoms with Crippen LogP contribution in [0.2, 0.25) is 0 Å². The monoisotopic (exact) mass is 302 g/mol. The van der Waals surface area contributed by atoms with Crippen LogP contribution in [0.4, 0.5) is 0 Å². The quantitative estimate of drug-likeness (QED) is 0.851. The molecule has 0 radical (unpaired) electrons. The van der Waals surface area contributed by atoms with Gasteiger partial charge in [-0.2, -0.15) is 0 Å². The van der Waals surface area contributed by atoms with E-state index in [4.69, 9.17) is 15.5 Å². The van der Waals surface area contributed by atoms with Crippen molar-refractivity contribution in [2.75, 3.05) is 6.61 Å². The molecule has 0 aliphatic heterocycles. The van der Waals surface area contributed by atoms with E-state index in [1.807, 2.05) is 25.1 Å². The summed E-state index contributed by atoms with van der Waals surface area (Å²) in [6.45, 7) is 2.78. The van der Waals surface area contributed by atoms with Gasteiger partial charge in [0.2, 0.25) is 0 Å². The average Bonchev–Trinajstić information content (AvgIpc) is 3.24. The summed E-state index contributed by atoms with van der Waals surface area (Å²) in [5.41, 5.74) is 8.57. The molecule has 4 heteroatoms. The van der Waals surface area contributed by atoms with Crippen molar-refractivity contribution in [1.29, 1.82) is 0 Å². The van der Waals surface area contributed by atoms with Crippen LogP contribution in [0.5, 0.6) is 0 Å². The first-order valence-corrected chi connectivity index (χ1v) is 8.53. The summed E-state index contributed by atoms with van der Waals surface area (Å²) in [4.78, 5) is 4.73. The van der Waals surface area contributed by atoms with E-state index in [2.05, 4.69) is 17.5 Å². The maximum atomic E-state index is 6.37. The number of thiazole rings is 1. The first-order chi connectivity index (χ1) is 10.3. The van der Waals surface area contributed by atoms with Gasteiger partial charge in [0.25, 0.3) is 0 Å². The van der Waals surface area contributed by atoms with Crippen LogP contribution >= 0.6 is 11.3 Å². The predicted molar refractivity (Wildman–Crippen MR) is 87.4 cm³/mol. The molecule has 21 heavy (non-hydrogen) atoms. The number of rotatable bonds is 7. The first kappa shape index (κ1) is 14.7. The normalized spacial score (nSPS) is 17.6. The Hall–Kier alpha value is -1.23. The second-order valence-electron chi connectivity index (χ2n) is 5.62. The zero-order chi connectivity index (χ0) is 14.7. The van der Waals surface area contributed by atoms with Gasteiger partial charge in [-0.05, 0) is 25.7 Å². The van der Waals surface area contributed by atoms with Crippen LogP contribution in [0.25, 0.3) is 11.3 Å². The summed E-state index contributed by atoms with van der Waals surface area (Å²) in [6, 6.07) is 10.3. The van der Waals surface area contributed by atoms with Gasteiger partial charge in [0.05, 0.1) is 16.8 Å². The van der Waals surface area contributed by atoms with E-state index in [1.165, 1.54) is 12.8 Å². The lowest BCUT2D eigenvalue weighted by Gasteiger charge is -2.22. The summed E-state index contributed by atoms with van der Waals surface area (Å²) in [5, 5.41) is 3.22. The highest BCUT2D eigenvalue weighted by Gasteiger charge is 2.36. The molecule has 0 bridgehead atoms. The summed E-state index contributed by atoms with van der Waals surface area (Å²) in [6.07, 6.45) is 3.51. The van der Waals surface area contributed by atoms with Crippen molar-refractivity contribution in [3.05, 3.63) is 40.7 Å². The topological polar surface area (TPSA) is 48.1 Å². The van der Waals surface area contributed by atoms with Gasteiger partial charge in [-0.25, -0.2) is 4.98 Å². The van der Waals surface area contributed by atoms with Crippen molar-refractivity contribution >= 4 is 11.3 Å². The van der Waals surface area contributed by atoms with Crippen molar-refractivity contribution in [3.8, 4) is 11.3 Å². The fraction of sp³-hybridized carbons (Fsp3) is 0.471. The highest BCUT2D eigenvalue weighted by molar-refractivity contribution is 7.09. The predicted octanol–water partition coefficient (Wildman–Crippen LogP) is 3.50. The molecule has 2 atom stereocenters. The molecule has 1 saturated carbocycles. The summed E-state index contributed by atoms with van der Waals surface area (Å²) < 4.78 is 5.84. The first-order valence-electron chi connectivity index (χ1n) is 7.65. The van der Waals surface area contributed by atoms with Gasteiger partial charge in [-0.1, -0.05) is 30.3 Å². The minimum Gasteiger partial charge on any atom is -0.377 e. The zero-order valence-electron chi connectivity index (χ0n) is 12.4. The van der Waals surface area contributed by atoms with E-state index < -0.39 is 0 Å². The Morgan fingerprint density at radius 3 is 2.76 bits per heavy atom. The van der Waals surface area contributed by atoms with E-state index in [0.717, 1.165) is 29.3 Å². The number of nitrogens with two attached hydrogens (primary N) is 1. The molecule has 0 saturated heterocycles. The third kappa shape index (κ3) is 3.70. The van der Waals surface area contributed by atoms with Crippen LogP contribution < -0.4 is 5.73 Å². The second kappa shape index (κ2) is 6.69. The van der Waals surface area contributed by atoms with Crippen molar-refractivity contribution in [1.82, 2.24) is 4.98 Å². The number of hydrogen-bond donors (Lipinski definition) is 1. The van der Waals surface area contributed by atoms with Crippen LogP contribution in [0, 0.1) is 5.92 Å². The van der Waals surface area contributed by atoms with Gasteiger partial charge in [0, 0.05) is 30.0 Å². The number of nitrogens with zero attached hydrogens (tertiary/aromatic N) is 1. The summed E-state index contributed by atoms with van der Waals surface area (Å²) >= 11 is 1.69. The molecule has 1 aromatic carbocycles. The minimum atomic E-state index is 0.0484. The molecule has 1 aliphatic rings. The third-order valence-corrected chi connectivity index (χ3v) is 4.77. The van der Waals surface area contributed by atoms with E-state index in [-0.39, 0.29) is 12.1 Å². The van der Waals surface area contributed by atoms with Crippen LogP contribution in [-0.4, -0.2) is 23.7 Å². The molecule has 3 rings (SSSR count). The van der Waals surface area contributed by atoms with Crippen LogP contribution in [-0.2, 0) is 11.2 Å². The lowest BCUT2D eigenvalue weighted by Crippen LogP contribution is -2.40. The van der Waals surface area contributed by atoms with Gasteiger partial charge >= 0.3 is 0 Å². The Morgan fingerprint density at radius 2 is 2.10 bits per heavy atom. The molecule has 1 aliphatic carbocycles. The van der Waals surface area contributed by atoms with Crippen LogP contribution in [0.15, 0.2) is 35.7 Å². The molecule has 0 spiro atoms. The minimum absolute atomic E-state index is 0.0484. The van der Waals surface area contributed by atoms with E-state index >= 15 is 0 Å². The van der Waals surface area contributed by atoms with Gasteiger partial charge in [0.1, 0.15) is 0 Å². The van der Waals surface area contributed by atoms with E-state index in [1.54, 1.807) is 11.3 Å². The van der Waals surface area contributed by atoms with Crippen LogP contribution in [0.3, 0.4) is 0 Å². The van der Waals surface area contributed by atoms with Crippen LogP contribution in [0.1, 0.15) is 24.8 Å². The fourth-order valence-corrected chi connectivity index (χ4v) is 3.57. The molecule has 1 heterocycles. The Kier molecular flexibility index (Phi) is 4.68. The fourth-order valence-electron chi connectivity index (χ4n) is 2.69. The molecule has 1 aromatic heterocycles. The Morgan fingerprint density at radius 1 is 1.33 bits per heavy atom. The van der Waals surface area contributed by atoms with Gasteiger partial charge in [0.15, 0.2) is 0 Å². The highest BCUT2D eigenvalue weighted by Crippen LogP contribution is 2.36. The van der Waals surface area contributed by atoms with Gasteiger partial charge in [-0.3, -0.25) is 0 Å². The number of ether oxygens (including phenoxy) is 1. The lowest BCUT2D eigenvalue weighted by molar-refractivity contribution is 0.0288. The van der Waals surface area contributed by atoms with Crippen molar-refractivity contribution in [3.63, 3.8) is 0 Å². The Balaban J connectivity index is 1.66. The third-order valence-electron chi connectivity index (χ3n) is 3.90. The van der Waals surface area contributed by atoms with E-state index in [9.17, 15) is 0 Å². The highest BCUT2D eigenvalue weighted by atomic mass is 32.1. The second-order valence-corrected chi connectivity index (χ2v) is 6.56. The lowest BCUT2D eigenvalue weighted by atomic mass is 10.0. The van der Waals surface area contributed by atoms with Crippen molar-refractivity contribution < 1.29 is 4.74 Å². The Labute approximate surface area is 130 Å². The molecule has 3 nitrogen and oxygen atoms in total. The van der Waals surface area contributed by atoms with E-state index in [0.29, 0.717) is 5.92 Å². The SMILES string of the molecule is CCOC(C(N)Cc1nc(-c2ccccc2)cs1)C1CC1. The molecule has 0 amide bonds. The zero-order valence-corrected chi connectivity index (χ0v) is 13.2. The maximum Gasteiger partial charge on any atom is 0.0949 e. The molecular formula is C17H22N2OS. The Bertz CT molecular complexity index is 565.